The summed E-state index contributed by atoms with van der Waals surface area (Å²) >= 11 is 1.76. The van der Waals surface area contributed by atoms with Gasteiger partial charge in [-0.15, -0.1) is 11.3 Å². The van der Waals surface area contributed by atoms with E-state index in [-0.39, 0.29) is 0 Å². The largest absolute Gasteiger partial charge is 0.399 e. The Hall–Kier alpha value is -1.35. The van der Waals surface area contributed by atoms with Gasteiger partial charge in [-0.25, -0.2) is 4.98 Å². The van der Waals surface area contributed by atoms with E-state index in [2.05, 4.69) is 29.4 Å². The highest BCUT2D eigenvalue weighted by molar-refractivity contribution is 7.09. The number of thiazole rings is 1. The average molecular weight is 319 g/mol. The van der Waals surface area contributed by atoms with E-state index in [1.54, 1.807) is 11.3 Å². The minimum absolute atomic E-state index is 0.428. The molecule has 122 valence electrons. The maximum atomic E-state index is 5.79. The summed E-state index contributed by atoms with van der Waals surface area (Å²) in [5, 5.41) is 3.29. The van der Waals surface area contributed by atoms with E-state index in [1.165, 1.54) is 49.1 Å². The molecule has 1 aromatic carbocycles. The highest BCUT2D eigenvalue weighted by atomic mass is 32.1. The van der Waals surface area contributed by atoms with Crippen LogP contribution in [0, 0.1) is 0 Å². The number of rotatable bonds is 8. The van der Waals surface area contributed by atoms with Gasteiger partial charge in [0, 0.05) is 23.2 Å². The predicted molar refractivity (Wildman–Crippen MR) is 99.5 cm³/mol. The Morgan fingerprint density at radius 3 is 2.32 bits per heavy atom. The van der Waals surface area contributed by atoms with Crippen LogP contribution in [0.4, 0.5) is 5.69 Å². The minimum atomic E-state index is 0.428. The fourth-order valence-corrected chi connectivity index (χ4v) is 3.32. The Balaban J connectivity index is 0.00000116. The van der Waals surface area contributed by atoms with Crippen LogP contribution in [0.3, 0.4) is 0 Å². The topological polar surface area (TPSA) is 38.9 Å². The second kappa shape index (κ2) is 11.2. The molecule has 2 rings (SSSR count). The van der Waals surface area contributed by atoms with E-state index in [1.807, 2.05) is 32.2 Å². The number of unbranched alkanes of at least 4 members (excludes halogenated alkanes) is 4. The zero-order valence-corrected chi connectivity index (χ0v) is 15.0. The molecule has 3 heteroatoms. The SMILES string of the molecule is CC.CCCCCCCC(c1ccc(N)cc1)c1nccs1. The zero-order valence-electron chi connectivity index (χ0n) is 14.2. The van der Waals surface area contributed by atoms with Gasteiger partial charge >= 0.3 is 0 Å². The van der Waals surface area contributed by atoms with Gasteiger partial charge in [0.2, 0.25) is 0 Å². The lowest BCUT2D eigenvalue weighted by Crippen LogP contribution is -2.01. The molecule has 22 heavy (non-hydrogen) atoms. The van der Waals surface area contributed by atoms with Gasteiger partial charge in [-0.05, 0) is 24.1 Å². The lowest BCUT2D eigenvalue weighted by molar-refractivity contribution is 0.579. The van der Waals surface area contributed by atoms with Crippen LogP contribution in [0.15, 0.2) is 35.8 Å². The van der Waals surface area contributed by atoms with Gasteiger partial charge in [0.25, 0.3) is 0 Å². The van der Waals surface area contributed by atoms with Gasteiger partial charge < -0.3 is 5.73 Å². The van der Waals surface area contributed by atoms with Crippen molar-refractivity contribution in [3.8, 4) is 0 Å². The van der Waals surface area contributed by atoms with Crippen molar-refractivity contribution in [1.82, 2.24) is 4.98 Å². The standard InChI is InChI=1S/C17H24N2S.C2H6/c1-2-3-4-5-6-7-16(17-19-12-13-20-17)14-8-10-15(18)11-9-14;1-2/h8-13,16H,2-7,18H2,1H3;1-2H3. The molecule has 0 saturated carbocycles. The molecule has 2 aromatic rings. The molecule has 1 aromatic heterocycles. The third-order valence-corrected chi connectivity index (χ3v) is 4.57. The van der Waals surface area contributed by atoms with Gasteiger partial charge in [-0.1, -0.05) is 65.0 Å². The molecule has 0 spiro atoms. The van der Waals surface area contributed by atoms with Gasteiger partial charge in [0.15, 0.2) is 0 Å². The number of benzene rings is 1. The van der Waals surface area contributed by atoms with Crippen LogP contribution in [0.2, 0.25) is 0 Å². The van der Waals surface area contributed by atoms with Crippen molar-refractivity contribution in [3.05, 3.63) is 46.4 Å². The molecule has 0 aliphatic rings. The number of anilines is 1. The quantitative estimate of drug-likeness (QED) is 0.462. The Morgan fingerprint density at radius 1 is 1.05 bits per heavy atom. The van der Waals surface area contributed by atoms with Crippen molar-refractivity contribution >= 4 is 17.0 Å². The molecule has 0 aliphatic carbocycles. The molecule has 1 heterocycles. The van der Waals surface area contributed by atoms with Gasteiger partial charge in [0.1, 0.15) is 0 Å². The highest BCUT2D eigenvalue weighted by Gasteiger charge is 2.16. The maximum absolute atomic E-state index is 5.79. The smallest absolute Gasteiger partial charge is 0.0999 e. The summed E-state index contributed by atoms with van der Waals surface area (Å²) in [6, 6.07) is 8.28. The van der Waals surface area contributed by atoms with E-state index >= 15 is 0 Å². The molecule has 0 aliphatic heterocycles. The summed E-state index contributed by atoms with van der Waals surface area (Å²) < 4.78 is 0. The molecule has 2 nitrogen and oxygen atoms in total. The summed E-state index contributed by atoms with van der Waals surface area (Å²) in [6.07, 6.45) is 9.68. The van der Waals surface area contributed by atoms with Crippen molar-refractivity contribution in [1.29, 1.82) is 0 Å². The van der Waals surface area contributed by atoms with E-state index in [0.717, 1.165) is 5.69 Å². The van der Waals surface area contributed by atoms with Gasteiger partial charge in [0.05, 0.1) is 5.01 Å². The van der Waals surface area contributed by atoms with Crippen molar-refractivity contribution < 1.29 is 0 Å². The Kier molecular flexibility index (Phi) is 9.56. The van der Waals surface area contributed by atoms with Crippen LogP contribution in [0.5, 0.6) is 0 Å². The summed E-state index contributed by atoms with van der Waals surface area (Å²) in [5.41, 5.74) is 7.95. The van der Waals surface area contributed by atoms with E-state index in [0.29, 0.717) is 5.92 Å². The van der Waals surface area contributed by atoms with Crippen LogP contribution in [-0.4, -0.2) is 4.98 Å². The lowest BCUT2D eigenvalue weighted by atomic mass is 9.93. The first-order valence-electron chi connectivity index (χ1n) is 8.56. The Bertz CT molecular complexity index is 477. The van der Waals surface area contributed by atoms with Gasteiger partial charge in [-0.3, -0.25) is 0 Å². The van der Waals surface area contributed by atoms with Crippen molar-refractivity contribution in [3.63, 3.8) is 0 Å². The van der Waals surface area contributed by atoms with Crippen LogP contribution in [0.25, 0.3) is 0 Å². The summed E-state index contributed by atoms with van der Waals surface area (Å²) in [7, 11) is 0. The number of nitrogens with two attached hydrogens (primary N) is 1. The molecule has 2 N–H and O–H groups in total. The molecule has 0 radical (unpaired) electrons. The van der Waals surface area contributed by atoms with Crippen molar-refractivity contribution in [2.45, 2.75) is 65.2 Å². The number of hydrogen-bond acceptors (Lipinski definition) is 3. The van der Waals surface area contributed by atoms with Crippen LogP contribution < -0.4 is 5.73 Å². The van der Waals surface area contributed by atoms with Crippen LogP contribution in [0.1, 0.15) is 75.8 Å². The van der Waals surface area contributed by atoms with Gasteiger partial charge in [-0.2, -0.15) is 0 Å². The van der Waals surface area contributed by atoms with Crippen LogP contribution >= 0.6 is 11.3 Å². The fourth-order valence-electron chi connectivity index (χ4n) is 2.52. The molecule has 1 unspecified atom stereocenters. The summed E-state index contributed by atoms with van der Waals surface area (Å²) in [4.78, 5) is 4.52. The molecule has 1 atom stereocenters. The third kappa shape index (κ3) is 6.18. The van der Waals surface area contributed by atoms with Crippen LogP contribution in [-0.2, 0) is 0 Å². The highest BCUT2D eigenvalue weighted by Crippen LogP contribution is 2.31. The first kappa shape index (κ1) is 18.7. The zero-order chi connectivity index (χ0) is 16.2. The van der Waals surface area contributed by atoms with E-state index in [4.69, 9.17) is 5.73 Å². The van der Waals surface area contributed by atoms with Crippen molar-refractivity contribution in [2.75, 3.05) is 5.73 Å². The lowest BCUT2D eigenvalue weighted by Gasteiger charge is -2.15. The number of nitrogen functional groups attached to an aromatic ring is 1. The molecule has 0 amide bonds. The molecule has 0 fully saturated rings. The first-order chi connectivity index (χ1) is 10.8. The van der Waals surface area contributed by atoms with Crippen molar-refractivity contribution in [2.24, 2.45) is 0 Å². The molecular weight excluding hydrogens is 288 g/mol. The van der Waals surface area contributed by atoms with E-state index in [9.17, 15) is 0 Å². The second-order valence-electron chi connectivity index (χ2n) is 5.29. The second-order valence-corrected chi connectivity index (χ2v) is 6.22. The fraction of sp³-hybridized carbons (Fsp3) is 0.526. The normalized spacial score (nSPS) is 11.6. The molecule has 0 saturated heterocycles. The molecule has 0 bridgehead atoms. The van der Waals surface area contributed by atoms with E-state index < -0.39 is 0 Å². The first-order valence-corrected chi connectivity index (χ1v) is 9.44. The summed E-state index contributed by atoms with van der Waals surface area (Å²) in [5.74, 6) is 0.428. The Morgan fingerprint density at radius 2 is 1.73 bits per heavy atom. The Labute approximate surface area is 139 Å². The third-order valence-electron chi connectivity index (χ3n) is 3.68. The predicted octanol–water partition coefficient (Wildman–Crippen LogP) is 6.24. The minimum Gasteiger partial charge on any atom is -0.399 e. The number of hydrogen-bond donors (Lipinski definition) is 1. The maximum Gasteiger partial charge on any atom is 0.0999 e. The number of nitrogens with zero attached hydrogens (tertiary/aromatic N) is 1. The monoisotopic (exact) mass is 318 g/mol. The molecular formula is C19H30N2S. The summed E-state index contributed by atoms with van der Waals surface area (Å²) in [6.45, 7) is 6.26. The number of aromatic nitrogens is 1. The average Bonchev–Trinajstić information content (AvgIpc) is 3.08.